The van der Waals surface area contributed by atoms with E-state index in [0.717, 1.165) is 11.5 Å². The third kappa shape index (κ3) is 2.81. The molecule has 1 saturated carbocycles. The summed E-state index contributed by atoms with van der Waals surface area (Å²) in [6.45, 7) is 1.98. The summed E-state index contributed by atoms with van der Waals surface area (Å²) in [4.78, 5) is 6.77. The van der Waals surface area contributed by atoms with Gasteiger partial charge in [0.25, 0.3) is 0 Å². The van der Waals surface area contributed by atoms with Crippen molar-refractivity contribution in [3.63, 3.8) is 0 Å². The highest BCUT2D eigenvalue weighted by molar-refractivity contribution is 5.54. The zero-order chi connectivity index (χ0) is 13.0. The first-order valence-corrected chi connectivity index (χ1v) is 6.83. The first-order valence-electron chi connectivity index (χ1n) is 6.83. The van der Waals surface area contributed by atoms with Crippen LogP contribution in [0.3, 0.4) is 0 Å². The van der Waals surface area contributed by atoms with Crippen molar-refractivity contribution in [2.75, 3.05) is 11.9 Å². The highest BCUT2D eigenvalue weighted by Gasteiger charge is 2.20. The van der Waals surface area contributed by atoms with Gasteiger partial charge < -0.3 is 4.90 Å². The fourth-order valence-electron chi connectivity index (χ4n) is 2.72. The fraction of sp³-hybridized carbons (Fsp3) is 0.600. The number of rotatable bonds is 2. The highest BCUT2D eigenvalue weighted by atomic mass is 15.2. The second-order valence-corrected chi connectivity index (χ2v) is 5.19. The minimum Gasteiger partial charge on any atom is -0.356 e. The third-order valence-electron chi connectivity index (χ3n) is 3.84. The molecule has 0 amide bonds. The van der Waals surface area contributed by atoms with Gasteiger partial charge in [0.1, 0.15) is 11.9 Å². The van der Waals surface area contributed by atoms with Crippen LogP contribution in [0.1, 0.15) is 49.8 Å². The number of pyridine rings is 1. The summed E-state index contributed by atoms with van der Waals surface area (Å²) in [5.41, 5.74) is 1.66. The van der Waals surface area contributed by atoms with Crippen molar-refractivity contribution in [3.8, 4) is 6.07 Å². The van der Waals surface area contributed by atoms with Gasteiger partial charge in [-0.05, 0) is 31.9 Å². The number of anilines is 1. The summed E-state index contributed by atoms with van der Waals surface area (Å²) >= 11 is 0. The predicted molar refractivity (Wildman–Crippen MR) is 73.6 cm³/mol. The maximum Gasteiger partial charge on any atom is 0.146 e. The van der Waals surface area contributed by atoms with E-state index in [-0.39, 0.29) is 0 Å². The molecule has 0 N–H and O–H groups in total. The van der Waals surface area contributed by atoms with E-state index in [1.54, 1.807) is 0 Å². The van der Waals surface area contributed by atoms with E-state index in [1.807, 2.05) is 19.1 Å². The summed E-state index contributed by atoms with van der Waals surface area (Å²) in [6, 6.07) is 6.58. The van der Waals surface area contributed by atoms with Crippen LogP contribution in [0.15, 0.2) is 12.1 Å². The zero-order valence-corrected chi connectivity index (χ0v) is 11.3. The number of hydrogen-bond acceptors (Lipinski definition) is 3. The summed E-state index contributed by atoms with van der Waals surface area (Å²) in [7, 11) is 2.08. The standard InChI is InChI=1S/C15H21N3/c1-12-9-10-13(11-16)15(17-12)18(2)14-7-5-3-4-6-8-14/h9-10,14H,3-8H2,1-2H3. The van der Waals surface area contributed by atoms with E-state index in [9.17, 15) is 5.26 Å². The van der Waals surface area contributed by atoms with Crippen molar-refractivity contribution in [1.29, 1.82) is 5.26 Å². The monoisotopic (exact) mass is 243 g/mol. The number of nitriles is 1. The van der Waals surface area contributed by atoms with Crippen LogP contribution in [0.2, 0.25) is 0 Å². The van der Waals surface area contributed by atoms with Crippen LogP contribution in [-0.4, -0.2) is 18.1 Å². The first kappa shape index (κ1) is 12.9. The second-order valence-electron chi connectivity index (χ2n) is 5.19. The molecule has 18 heavy (non-hydrogen) atoms. The molecule has 0 spiro atoms. The van der Waals surface area contributed by atoms with E-state index in [2.05, 4.69) is 23.0 Å². The number of hydrogen-bond donors (Lipinski definition) is 0. The van der Waals surface area contributed by atoms with Gasteiger partial charge in [-0.15, -0.1) is 0 Å². The molecular formula is C15H21N3. The minimum absolute atomic E-state index is 0.536. The molecule has 1 aromatic heterocycles. The predicted octanol–water partition coefficient (Wildman–Crippen LogP) is 3.42. The maximum absolute atomic E-state index is 9.20. The summed E-state index contributed by atoms with van der Waals surface area (Å²) in [5.74, 6) is 0.851. The molecular weight excluding hydrogens is 222 g/mol. The molecule has 3 nitrogen and oxygen atoms in total. The molecule has 1 heterocycles. The Morgan fingerprint density at radius 3 is 2.50 bits per heavy atom. The van der Waals surface area contributed by atoms with Crippen molar-refractivity contribution in [2.24, 2.45) is 0 Å². The molecule has 0 atom stereocenters. The first-order chi connectivity index (χ1) is 8.72. The Hall–Kier alpha value is -1.56. The molecule has 1 aliphatic carbocycles. The van der Waals surface area contributed by atoms with E-state index in [4.69, 9.17) is 0 Å². The number of aromatic nitrogens is 1. The second kappa shape index (κ2) is 5.86. The molecule has 96 valence electrons. The Morgan fingerprint density at radius 1 is 1.22 bits per heavy atom. The molecule has 0 bridgehead atoms. The van der Waals surface area contributed by atoms with Gasteiger partial charge in [0.05, 0.1) is 5.56 Å². The van der Waals surface area contributed by atoms with Crippen molar-refractivity contribution in [1.82, 2.24) is 4.98 Å². The molecule has 1 aromatic rings. The van der Waals surface area contributed by atoms with Gasteiger partial charge in [0, 0.05) is 18.8 Å². The highest BCUT2D eigenvalue weighted by Crippen LogP contribution is 2.26. The normalized spacial score (nSPS) is 16.9. The van der Waals surface area contributed by atoms with Crippen molar-refractivity contribution in [2.45, 2.75) is 51.5 Å². The van der Waals surface area contributed by atoms with Gasteiger partial charge in [-0.1, -0.05) is 25.7 Å². The summed E-state index contributed by atoms with van der Waals surface area (Å²) in [6.07, 6.45) is 7.72. The van der Waals surface area contributed by atoms with Gasteiger partial charge in [0.2, 0.25) is 0 Å². The molecule has 0 saturated heterocycles. The largest absolute Gasteiger partial charge is 0.356 e. The van der Waals surface area contributed by atoms with Gasteiger partial charge >= 0.3 is 0 Å². The molecule has 1 aliphatic rings. The topological polar surface area (TPSA) is 39.9 Å². The quantitative estimate of drug-likeness (QED) is 0.747. The lowest BCUT2D eigenvalue weighted by atomic mass is 10.1. The Kier molecular flexibility index (Phi) is 4.19. The van der Waals surface area contributed by atoms with Crippen molar-refractivity contribution < 1.29 is 0 Å². The number of nitrogens with zero attached hydrogens (tertiary/aromatic N) is 3. The van der Waals surface area contributed by atoms with E-state index in [1.165, 1.54) is 38.5 Å². The van der Waals surface area contributed by atoms with Crippen molar-refractivity contribution in [3.05, 3.63) is 23.4 Å². The Balaban J connectivity index is 2.24. The molecule has 0 aliphatic heterocycles. The van der Waals surface area contributed by atoms with Crippen LogP contribution in [0.5, 0.6) is 0 Å². The minimum atomic E-state index is 0.536. The molecule has 1 fully saturated rings. The van der Waals surface area contributed by atoms with Gasteiger partial charge in [0.15, 0.2) is 0 Å². The van der Waals surface area contributed by atoms with E-state index < -0.39 is 0 Å². The van der Waals surface area contributed by atoms with Gasteiger partial charge in [-0.25, -0.2) is 4.98 Å². The Morgan fingerprint density at radius 2 is 1.89 bits per heavy atom. The SMILES string of the molecule is Cc1ccc(C#N)c(N(C)C2CCCCCC2)n1. The lowest BCUT2D eigenvalue weighted by Crippen LogP contribution is -2.32. The molecule has 0 aromatic carbocycles. The molecule has 0 unspecified atom stereocenters. The molecule has 3 heteroatoms. The number of aryl methyl sites for hydroxylation is 1. The third-order valence-corrected chi connectivity index (χ3v) is 3.84. The molecule has 2 rings (SSSR count). The average Bonchev–Trinajstić information content (AvgIpc) is 2.66. The van der Waals surface area contributed by atoms with Crippen molar-refractivity contribution >= 4 is 5.82 Å². The van der Waals surface area contributed by atoms with E-state index >= 15 is 0 Å². The fourth-order valence-corrected chi connectivity index (χ4v) is 2.72. The van der Waals surface area contributed by atoms with Crippen LogP contribution in [0, 0.1) is 18.3 Å². The Labute approximate surface area is 109 Å². The van der Waals surface area contributed by atoms with Gasteiger partial charge in [-0.2, -0.15) is 5.26 Å². The van der Waals surface area contributed by atoms with E-state index in [0.29, 0.717) is 11.6 Å². The lowest BCUT2D eigenvalue weighted by molar-refractivity contribution is 0.548. The van der Waals surface area contributed by atoms with Crippen LogP contribution >= 0.6 is 0 Å². The average molecular weight is 243 g/mol. The molecule has 0 radical (unpaired) electrons. The van der Waals surface area contributed by atoms with Crippen LogP contribution in [-0.2, 0) is 0 Å². The smallest absolute Gasteiger partial charge is 0.146 e. The summed E-state index contributed by atoms with van der Waals surface area (Å²) in [5, 5.41) is 9.20. The van der Waals surface area contributed by atoms with Crippen LogP contribution in [0.4, 0.5) is 5.82 Å². The lowest BCUT2D eigenvalue weighted by Gasteiger charge is -2.29. The maximum atomic E-state index is 9.20. The zero-order valence-electron chi connectivity index (χ0n) is 11.3. The van der Waals surface area contributed by atoms with Crippen LogP contribution < -0.4 is 4.90 Å². The van der Waals surface area contributed by atoms with Gasteiger partial charge in [-0.3, -0.25) is 0 Å². The van der Waals surface area contributed by atoms with Crippen LogP contribution in [0.25, 0.3) is 0 Å². The Bertz CT molecular complexity index is 440. The summed E-state index contributed by atoms with van der Waals surface area (Å²) < 4.78 is 0.